The number of alkyl carbamates (subject to hydrolysis) is 1. The number of ether oxygens (including phenoxy) is 1. The SMILES string of the molecule is C=CCCC(NC(=O)[C@@H]1C2C(CN1C(=O)[C@@H](NC(=O)OC(C)(C)C)C1CCCCC1)C2(Cl)Cl)C(=O)C(=O)NCC=C. The number of Topliss-reactive ketones (excluding diaryl/α,β-unsaturated/α-hetero) is 1. The highest BCUT2D eigenvalue weighted by atomic mass is 35.5. The number of allylic oxidation sites excluding steroid dienone is 1. The van der Waals surface area contributed by atoms with E-state index >= 15 is 0 Å². The quantitative estimate of drug-likeness (QED) is 0.176. The van der Waals surface area contributed by atoms with Gasteiger partial charge in [-0.15, -0.1) is 36.4 Å². The first-order valence-corrected chi connectivity index (χ1v) is 15.0. The van der Waals surface area contributed by atoms with E-state index in [0.29, 0.717) is 6.42 Å². The Kier molecular flexibility index (Phi) is 10.9. The zero-order valence-corrected chi connectivity index (χ0v) is 25.6. The van der Waals surface area contributed by atoms with Crippen LogP contribution < -0.4 is 16.0 Å². The fraction of sp³-hybridized carbons (Fsp3) is 0.690. The maximum Gasteiger partial charge on any atom is 0.408 e. The second kappa shape index (κ2) is 13.6. The number of piperidine rings is 1. The molecule has 1 heterocycles. The first-order valence-electron chi connectivity index (χ1n) is 14.2. The molecule has 5 atom stereocenters. The van der Waals surface area contributed by atoms with Crippen LogP contribution in [0.3, 0.4) is 0 Å². The molecule has 12 heteroatoms. The van der Waals surface area contributed by atoms with Gasteiger partial charge >= 0.3 is 6.09 Å². The van der Waals surface area contributed by atoms with Crippen LogP contribution in [-0.4, -0.2) is 75.6 Å². The summed E-state index contributed by atoms with van der Waals surface area (Å²) in [6, 6.07) is -3.13. The van der Waals surface area contributed by atoms with Gasteiger partial charge in [-0.1, -0.05) is 31.4 Å². The number of nitrogens with zero attached hydrogens (tertiary/aromatic N) is 1. The molecular weight excluding hydrogens is 571 g/mol. The Balaban J connectivity index is 1.85. The molecule has 2 saturated carbocycles. The van der Waals surface area contributed by atoms with Gasteiger partial charge in [0.15, 0.2) is 0 Å². The minimum atomic E-state index is -1.21. The number of nitrogens with one attached hydrogen (secondary N) is 3. The molecule has 4 amide bonds. The van der Waals surface area contributed by atoms with Crippen molar-refractivity contribution < 1.29 is 28.7 Å². The zero-order chi connectivity index (χ0) is 30.5. The summed E-state index contributed by atoms with van der Waals surface area (Å²) < 4.78 is 4.24. The molecule has 2 aliphatic carbocycles. The van der Waals surface area contributed by atoms with Crippen molar-refractivity contribution in [3.05, 3.63) is 25.3 Å². The number of ketones is 1. The van der Waals surface area contributed by atoms with Crippen LogP contribution in [0.1, 0.15) is 65.7 Å². The highest BCUT2D eigenvalue weighted by Gasteiger charge is 2.74. The molecule has 3 aliphatic rings. The summed E-state index contributed by atoms with van der Waals surface area (Å²) in [7, 11) is 0. The summed E-state index contributed by atoms with van der Waals surface area (Å²) in [5.41, 5.74) is -0.760. The summed E-state index contributed by atoms with van der Waals surface area (Å²) in [6.45, 7) is 12.6. The molecule has 3 unspecified atom stereocenters. The molecule has 3 N–H and O–H groups in total. The van der Waals surface area contributed by atoms with Crippen molar-refractivity contribution in [1.29, 1.82) is 0 Å². The Hall–Kier alpha value is -2.59. The van der Waals surface area contributed by atoms with E-state index in [0.717, 1.165) is 32.1 Å². The van der Waals surface area contributed by atoms with E-state index in [1.807, 2.05) is 0 Å². The van der Waals surface area contributed by atoms with E-state index in [1.165, 1.54) is 11.0 Å². The summed E-state index contributed by atoms with van der Waals surface area (Å²) in [4.78, 5) is 67.3. The van der Waals surface area contributed by atoms with Gasteiger partial charge < -0.3 is 25.6 Å². The molecule has 0 aromatic carbocycles. The minimum absolute atomic E-state index is 0.0928. The molecule has 0 aromatic heterocycles. The van der Waals surface area contributed by atoms with E-state index in [-0.39, 0.29) is 31.3 Å². The molecule has 1 saturated heterocycles. The maximum absolute atomic E-state index is 14.1. The van der Waals surface area contributed by atoms with E-state index in [9.17, 15) is 24.0 Å². The standard InChI is InChI=1S/C29H42Cl2N4O6/c1-6-8-14-19(23(36)25(38)32-15-7-2)33-24(37)22-20-18(29(20,30)31)16-35(22)26(39)21(17-12-10-9-11-13-17)34-27(40)41-28(3,4)5/h6-7,17-22H,1-2,8-16H2,3-5H3,(H,32,38)(H,33,37)(H,34,40)/t18?,19?,20?,21-,22-/m0/s1. The van der Waals surface area contributed by atoms with Gasteiger partial charge in [0.05, 0.1) is 6.04 Å². The number of halogens is 2. The summed E-state index contributed by atoms with van der Waals surface area (Å²) in [6.07, 6.45) is 7.20. The lowest BCUT2D eigenvalue weighted by molar-refractivity contribution is -0.144. The number of carbonyl (C=O) groups excluding carboxylic acids is 5. The van der Waals surface area contributed by atoms with Crippen LogP contribution in [-0.2, 0) is 23.9 Å². The monoisotopic (exact) mass is 612 g/mol. The van der Waals surface area contributed by atoms with E-state index in [1.54, 1.807) is 26.8 Å². The molecule has 41 heavy (non-hydrogen) atoms. The highest BCUT2D eigenvalue weighted by molar-refractivity contribution is 6.51. The topological polar surface area (TPSA) is 134 Å². The number of amides is 4. The number of rotatable bonds is 12. The van der Waals surface area contributed by atoms with Crippen molar-refractivity contribution in [3.63, 3.8) is 0 Å². The molecule has 10 nitrogen and oxygen atoms in total. The lowest BCUT2D eigenvalue weighted by atomic mass is 9.83. The lowest BCUT2D eigenvalue weighted by Crippen LogP contribution is -2.60. The van der Waals surface area contributed by atoms with E-state index in [4.69, 9.17) is 27.9 Å². The van der Waals surface area contributed by atoms with Crippen molar-refractivity contribution in [2.24, 2.45) is 17.8 Å². The van der Waals surface area contributed by atoms with E-state index < -0.39 is 63.6 Å². The molecule has 0 aromatic rings. The average molecular weight is 614 g/mol. The number of fused-ring (bicyclic) bond motifs is 1. The predicted octanol–water partition coefficient (Wildman–Crippen LogP) is 3.41. The lowest BCUT2D eigenvalue weighted by Gasteiger charge is -2.36. The van der Waals surface area contributed by atoms with Crippen LogP contribution in [0.15, 0.2) is 25.3 Å². The third kappa shape index (κ3) is 8.03. The third-order valence-electron chi connectivity index (χ3n) is 7.87. The fourth-order valence-electron chi connectivity index (χ4n) is 5.82. The Labute approximate surface area is 251 Å². The largest absolute Gasteiger partial charge is 0.444 e. The first kappa shape index (κ1) is 32.9. The second-order valence-electron chi connectivity index (χ2n) is 12.1. The zero-order valence-electron chi connectivity index (χ0n) is 24.0. The fourth-order valence-corrected chi connectivity index (χ4v) is 6.64. The van der Waals surface area contributed by atoms with Gasteiger partial charge in [0.1, 0.15) is 22.0 Å². The number of hydrogen-bond acceptors (Lipinski definition) is 6. The number of carbonyl (C=O) groups is 5. The highest BCUT2D eigenvalue weighted by Crippen LogP contribution is 2.65. The van der Waals surface area contributed by atoms with Crippen molar-refractivity contribution in [2.75, 3.05) is 13.1 Å². The van der Waals surface area contributed by atoms with Gasteiger partial charge in [-0.3, -0.25) is 19.2 Å². The van der Waals surface area contributed by atoms with Crippen LogP contribution in [0.5, 0.6) is 0 Å². The summed E-state index contributed by atoms with van der Waals surface area (Å²) in [5, 5.41) is 7.88. The predicted molar refractivity (Wildman–Crippen MR) is 156 cm³/mol. The number of hydrogen-bond donors (Lipinski definition) is 3. The molecule has 0 bridgehead atoms. The first-order chi connectivity index (χ1) is 19.2. The van der Waals surface area contributed by atoms with Gasteiger partial charge in [0.2, 0.25) is 17.6 Å². The Morgan fingerprint density at radius 2 is 1.71 bits per heavy atom. The summed E-state index contributed by atoms with van der Waals surface area (Å²) >= 11 is 13.0. The second-order valence-corrected chi connectivity index (χ2v) is 13.5. The average Bonchev–Trinajstić information content (AvgIpc) is 3.23. The van der Waals surface area contributed by atoms with Crippen LogP contribution in [0.4, 0.5) is 4.79 Å². The molecule has 3 fully saturated rings. The smallest absolute Gasteiger partial charge is 0.408 e. The summed E-state index contributed by atoms with van der Waals surface area (Å²) in [5.74, 6) is -3.77. The van der Waals surface area contributed by atoms with Gasteiger partial charge in [-0.05, 0) is 52.4 Å². The van der Waals surface area contributed by atoms with Crippen LogP contribution in [0.25, 0.3) is 0 Å². The normalized spacial score (nSPS) is 24.7. The van der Waals surface area contributed by atoms with Crippen LogP contribution >= 0.6 is 23.2 Å². The molecule has 1 aliphatic heterocycles. The molecule has 228 valence electrons. The molecule has 0 spiro atoms. The van der Waals surface area contributed by atoms with Crippen LogP contribution in [0, 0.1) is 17.8 Å². The van der Waals surface area contributed by atoms with Gasteiger partial charge in [0, 0.05) is 24.9 Å². The van der Waals surface area contributed by atoms with E-state index in [2.05, 4.69) is 29.1 Å². The van der Waals surface area contributed by atoms with Crippen molar-refractivity contribution >= 4 is 52.8 Å². The molecule has 0 radical (unpaired) electrons. The Morgan fingerprint density at radius 1 is 1.05 bits per heavy atom. The number of likely N-dealkylation sites (tertiary alicyclic amines) is 1. The van der Waals surface area contributed by atoms with Crippen molar-refractivity contribution in [3.8, 4) is 0 Å². The molecular formula is C29H42Cl2N4O6. The minimum Gasteiger partial charge on any atom is -0.444 e. The van der Waals surface area contributed by atoms with Gasteiger partial charge in [0.25, 0.3) is 5.91 Å². The van der Waals surface area contributed by atoms with Crippen molar-refractivity contribution in [2.45, 2.75) is 93.8 Å². The molecule has 3 rings (SSSR count). The Morgan fingerprint density at radius 3 is 2.29 bits per heavy atom. The number of alkyl halides is 2. The third-order valence-corrected chi connectivity index (χ3v) is 8.93. The van der Waals surface area contributed by atoms with Crippen molar-refractivity contribution in [1.82, 2.24) is 20.9 Å². The van der Waals surface area contributed by atoms with Gasteiger partial charge in [-0.25, -0.2) is 4.79 Å². The van der Waals surface area contributed by atoms with Gasteiger partial charge in [-0.2, -0.15) is 0 Å². The van der Waals surface area contributed by atoms with Crippen LogP contribution in [0.2, 0.25) is 0 Å². The maximum atomic E-state index is 14.1. The Bertz CT molecular complexity index is 1050.